The summed E-state index contributed by atoms with van der Waals surface area (Å²) in [6.07, 6.45) is 1.31. The van der Waals surface area contributed by atoms with E-state index in [1.54, 1.807) is 19.1 Å². The van der Waals surface area contributed by atoms with Crippen LogP contribution in [0.3, 0.4) is 0 Å². The SMILES string of the molecule is COc1ccc(-c2nc(C3CCN(C(=O)N(C)OCC(=O)O)CC3)oc2-c2ccc(OC)cc2)cc1. The number of oxazole rings is 1. The number of benzene rings is 2. The van der Waals surface area contributed by atoms with Gasteiger partial charge in [-0.05, 0) is 61.4 Å². The second-order valence-corrected chi connectivity index (χ2v) is 8.40. The lowest BCUT2D eigenvalue weighted by Gasteiger charge is -2.32. The Hall–Kier alpha value is -4.05. The Bertz CT molecular complexity index is 1120. The smallest absolute Gasteiger partial charge is 0.343 e. The van der Waals surface area contributed by atoms with E-state index in [0.29, 0.717) is 37.6 Å². The molecule has 1 aliphatic rings. The van der Waals surface area contributed by atoms with E-state index in [-0.39, 0.29) is 11.9 Å². The second kappa shape index (κ2) is 11.1. The number of amides is 2. The van der Waals surface area contributed by atoms with Gasteiger partial charge in [-0.3, -0.25) is 4.84 Å². The van der Waals surface area contributed by atoms with Crippen LogP contribution in [0.1, 0.15) is 24.7 Å². The van der Waals surface area contributed by atoms with Crippen LogP contribution in [0.5, 0.6) is 11.5 Å². The number of carboxylic acids is 1. The van der Waals surface area contributed by atoms with Crippen LogP contribution in [0.25, 0.3) is 22.6 Å². The van der Waals surface area contributed by atoms with Gasteiger partial charge in [0.05, 0.1) is 14.2 Å². The molecule has 0 radical (unpaired) electrons. The lowest BCUT2D eigenvalue weighted by molar-refractivity contribution is -0.160. The van der Waals surface area contributed by atoms with Crippen LogP contribution in [0.2, 0.25) is 0 Å². The zero-order valence-electron chi connectivity index (χ0n) is 20.5. The van der Waals surface area contributed by atoms with Crippen LogP contribution in [0.4, 0.5) is 4.79 Å². The molecular formula is C26H29N3O7. The van der Waals surface area contributed by atoms with Crippen LogP contribution >= 0.6 is 0 Å². The predicted octanol–water partition coefficient (Wildman–Crippen LogP) is 4.27. The monoisotopic (exact) mass is 495 g/mol. The third-order valence-corrected chi connectivity index (χ3v) is 6.13. The van der Waals surface area contributed by atoms with Crippen molar-refractivity contribution in [3.05, 3.63) is 54.4 Å². The lowest BCUT2D eigenvalue weighted by atomic mass is 9.97. The number of carboxylic acid groups (broad SMARTS) is 1. The van der Waals surface area contributed by atoms with Crippen molar-refractivity contribution in [1.29, 1.82) is 0 Å². The molecule has 0 aliphatic carbocycles. The minimum atomic E-state index is -1.14. The second-order valence-electron chi connectivity index (χ2n) is 8.40. The molecular weight excluding hydrogens is 466 g/mol. The van der Waals surface area contributed by atoms with Crippen LogP contribution in [-0.2, 0) is 9.63 Å². The van der Waals surface area contributed by atoms with E-state index in [1.807, 2.05) is 48.5 Å². The van der Waals surface area contributed by atoms with Gasteiger partial charge in [0.1, 0.15) is 17.2 Å². The first-order valence-corrected chi connectivity index (χ1v) is 11.6. The number of aliphatic carboxylic acids is 1. The molecule has 0 bridgehead atoms. The number of methoxy groups -OCH3 is 2. The molecule has 0 atom stereocenters. The van der Waals surface area contributed by atoms with Gasteiger partial charge < -0.3 is 23.9 Å². The molecule has 2 heterocycles. The fourth-order valence-electron chi connectivity index (χ4n) is 4.12. The maximum absolute atomic E-state index is 12.6. The molecule has 36 heavy (non-hydrogen) atoms. The summed E-state index contributed by atoms with van der Waals surface area (Å²) in [7, 11) is 4.66. The van der Waals surface area contributed by atoms with Gasteiger partial charge in [0.15, 0.2) is 18.3 Å². The van der Waals surface area contributed by atoms with Gasteiger partial charge in [-0.2, -0.15) is 0 Å². The van der Waals surface area contributed by atoms with Gasteiger partial charge in [0.25, 0.3) is 0 Å². The van der Waals surface area contributed by atoms with Crippen molar-refractivity contribution in [3.8, 4) is 34.1 Å². The van der Waals surface area contributed by atoms with Gasteiger partial charge >= 0.3 is 12.0 Å². The molecule has 2 aromatic carbocycles. The van der Waals surface area contributed by atoms with E-state index >= 15 is 0 Å². The Balaban J connectivity index is 1.54. The molecule has 10 nitrogen and oxygen atoms in total. The molecule has 1 N–H and O–H groups in total. The summed E-state index contributed by atoms with van der Waals surface area (Å²) in [4.78, 5) is 34.8. The maximum Gasteiger partial charge on any atom is 0.343 e. The maximum atomic E-state index is 12.6. The number of ether oxygens (including phenoxy) is 2. The van der Waals surface area contributed by atoms with Crippen LogP contribution < -0.4 is 9.47 Å². The quantitative estimate of drug-likeness (QED) is 0.461. The Morgan fingerprint density at radius 2 is 1.56 bits per heavy atom. The third kappa shape index (κ3) is 5.60. The minimum Gasteiger partial charge on any atom is -0.497 e. The number of nitrogens with zero attached hydrogens (tertiary/aromatic N) is 3. The Labute approximate surface area is 208 Å². The molecule has 1 fully saturated rings. The largest absolute Gasteiger partial charge is 0.497 e. The van der Waals surface area contributed by atoms with Gasteiger partial charge in [-0.15, -0.1) is 0 Å². The number of aromatic nitrogens is 1. The molecule has 0 unspecified atom stereocenters. The molecule has 1 aliphatic heterocycles. The Kier molecular flexibility index (Phi) is 7.74. The summed E-state index contributed by atoms with van der Waals surface area (Å²) in [5.74, 6) is 1.68. The number of urea groups is 1. The average Bonchev–Trinajstić information content (AvgIpc) is 3.37. The first kappa shape index (κ1) is 25.1. The summed E-state index contributed by atoms with van der Waals surface area (Å²) < 4.78 is 16.9. The van der Waals surface area contributed by atoms with Crippen LogP contribution in [-0.4, -0.2) is 73.0 Å². The first-order chi connectivity index (χ1) is 17.4. The molecule has 1 saturated heterocycles. The molecule has 10 heteroatoms. The van der Waals surface area contributed by atoms with Crippen molar-refractivity contribution in [2.24, 2.45) is 0 Å². The van der Waals surface area contributed by atoms with E-state index in [0.717, 1.165) is 33.4 Å². The summed E-state index contributed by atoms with van der Waals surface area (Å²) >= 11 is 0. The summed E-state index contributed by atoms with van der Waals surface area (Å²) in [6.45, 7) is 0.377. The number of hydroxylamine groups is 2. The van der Waals surface area contributed by atoms with E-state index in [2.05, 4.69) is 0 Å². The first-order valence-electron chi connectivity index (χ1n) is 11.6. The van der Waals surface area contributed by atoms with Crippen LogP contribution in [0.15, 0.2) is 52.9 Å². The summed E-state index contributed by atoms with van der Waals surface area (Å²) in [5, 5.41) is 9.71. The number of carbonyl (C=O) groups excluding carboxylic acids is 1. The highest BCUT2D eigenvalue weighted by Crippen LogP contribution is 2.38. The van der Waals surface area contributed by atoms with E-state index in [1.165, 1.54) is 7.05 Å². The van der Waals surface area contributed by atoms with Crippen molar-refractivity contribution in [1.82, 2.24) is 14.9 Å². The van der Waals surface area contributed by atoms with Gasteiger partial charge in [0, 0.05) is 37.2 Å². The van der Waals surface area contributed by atoms with Gasteiger partial charge in [-0.25, -0.2) is 19.6 Å². The number of hydrogen-bond acceptors (Lipinski definition) is 7. The van der Waals surface area contributed by atoms with Crippen molar-refractivity contribution < 1.29 is 33.4 Å². The number of rotatable bonds is 8. The molecule has 4 rings (SSSR count). The molecule has 2 amide bonds. The number of piperidine rings is 1. The van der Waals surface area contributed by atoms with Gasteiger partial charge in [-0.1, -0.05) is 0 Å². The molecule has 0 saturated carbocycles. The van der Waals surface area contributed by atoms with Crippen molar-refractivity contribution >= 4 is 12.0 Å². The predicted molar refractivity (Wildman–Crippen MR) is 131 cm³/mol. The highest BCUT2D eigenvalue weighted by atomic mass is 16.7. The minimum absolute atomic E-state index is 0.0308. The average molecular weight is 496 g/mol. The zero-order chi connectivity index (χ0) is 25.7. The Morgan fingerprint density at radius 1 is 1.00 bits per heavy atom. The Morgan fingerprint density at radius 3 is 2.08 bits per heavy atom. The summed E-state index contributed by atoms with van der Waals surface area (Å²) in [5.41, 5.74) is 2.52. The fraction of sp³-hybridized carbons (Fsp3) is 0.346. The third-order valence-electron chi connectivity index (χ3n) is 6.13. The molecule has 1 aromatic heterocycles. The van der Waals surface area contributed by atoms with E-state index in [4.69, 9.17) is 28.8 Å². The standard InChI is InChI=1S/C26H29N3O7/c1-28(35-16-22(30)31)26(32)29-14-12-19(13-15-29)25-27-23(17-4-8-20(33-2)9-5-17)24(36-25)18-6-10-21(34-3)11-7-18/h4-11,19H,12-16H2,1-3H3,(H,30,31). The fourth-order valence-corrected chi connectivity index (χ4v) is 4.12. The topological polar surface area (TPSA) is 115 Å². The normalized spacial score (nSPS) is 13.9. The molecule has 190 valence electrons. The van der Waals surface area contributed by atoms with E-state index in [9.17, 15) is 9.59 Å². The van der Waals surface area contributed by atoms with Crippen molar-refractivity contribution in [3.63, 3.8) is 0 Å². The van der Waals surface area contributed by atoms with Crippen LogP contribution in [0, 0.1) is 0 Å². The number of carbonyl (C=O) groups is 2. The van der Waals surface area contributed by atoms with Gasteiger partial charge in [0.2, 0.25) is 0 Å². The number of likely N-dealkylation sites (tertiary alicyclic amines) is 1. The van der Waals surface area contributed by atoms with Crippen molar-refractivity contribution in [2.45, 2.75) is 18.8 Å². The lowest BCUT2D eigenvalue weighted by Crippen LogP contribution is -2.45. The zero-order valence-corrected chi connectivity index (χ0v) is 20.5. The summed E-state index contributed by atoms with van der Waals surface area (Å²) in [6, 6.07) is 14.9. The number of hydrogen-bond donors (Lipinski definition) is 1. The van der Waals surface area contributed by atoms with E-state index < -0.39 is 12.6 Å². The highest BCUT2D eigenvalue weighted by molar-refractivity contribution is 5.77. The molecule has 0 spiro atoms. The molecule has 3 aromatic rings. The highest BCUT2D eigenvalue weighted by Gasteiger charge is 2.30. The van der Waals surface area contributed by atoms with Crippen molar-refractivity contribution in [2.75, 3.05) is 41.0 Å².